The maximum Gasteiger partial charge on any atom is 0.331 e. The second-order valence-corrected chi connectivity index (χ2v) is 16.0. The molecule has 7 aliphatic heterocycles. The van der Waals surface area contributed by atoms with E-state index < -0.39 is 28.8 Å². The first-order chi connectivity index (χ1) is 25.5. The van der Waals surface area contributed by atoms with E-state index in [1.807, 2.05) is 13.8 Å². The third-order valence-electron chi connectivity index (χ3n) is 12.2. The van der Waals surface area contributed by atoms with Gasteiger partial charge in [0.15, 0.2) is 40.0 Å². The summed E-state index contributed by atoms with van der Waals surface area (Å²) in [6, 6.07) is 4.51. The molecule has 53 heavy (non-hydrogen) atoms. The van der Waals surface area contributed by atoms with E-state index in [9.17, 15) is 19.8 Å². The van der Waals surface area contributed by atoms with Crippen LogP contribution < -0.4 is 29.0 Å². The van der Waals surface area contributed by atoms with Crippen LogP contribution in [0.2, 0.25) is 0 Å². The van der Waals surface area contributed by atoms with Gasteiger partial charge in [-0.3, -0.25) is 19.9 Å². The van der Waals surface area contributed by atoms with Crippen LogP contribution in [0.15, 0.2) is 18.2 Å². The first-order valence-corrected chi connectivity index (χ1v) is 19.0. The Morgan fingerprint density at radius 3 is 2.57 bits per heavy atom. The number of phenols is 2. The van der Waals surface area contributed by atoms with Crippen molar-refractivity contribution < 1.29 is 48.2 Å². The minimum absolute atomic E-state index is 0.00613. The molecule has 3 N–H and O–H groups in total. The molecule has 1 spiro atoms. The number of nitrogens with one attached hydrogen (secondary N) is 1. The van der Waals surface area contributed by atoms with Gasteiger partial charge in [0.05, 0.1) is 31.6 Å². The highest BCUT2D eigenvalue weighted by Crippen LogP contribution is 2.63. The van der Waals surface area contributed by atoms with Crippen molar-refractivity contribution in [3.8, 4) is 40.2 Å². The molecule has 280 valence electrons. The van der Waals surface area contributed by atoms with E-state index in [-0.39, 0.29) is 54.5 Å². The lowest BCUT2D eigenvalue weighted by molar-refractivity contribution is -0.156. The topological polar surface area (TPSA) is 148 Å². The van der Waals surface area contributed by atoms with Gasteiger partial charge in [0.2, 0.25) is 6.79 Å². The van der Waals surface area contributed by atoms with E-state index in [1.54, 1.807) is 31.0 Å². The number of ether oxygens (including phenoxy) is 6. The van der Waals surface area contributed by atoms with Crippen LogP contribution in [0.5, 0.6) is 40.2 Å². The second kappa shape index (κ2) is 12.3. The quantitative estimate of drug-likeness (QED) is 0.261. The average molecular weight is 746 g/mol. The Morgan fingerprint density at radius 2 is 1.81 bits per heavy atom. The summed E-state index contributed by atoms with van der Waals surface area (Å²) in [4.78, 5) is 32.3. The molecule has 2 fully saturated rings. The first-order valence-electron chi connectivity index (χ1n) is 17.9. The zero-order valence-electron chi connectivity index (χ0n) is 30.5. The van der Waals surface area contributed by atoms with Crippen LogP contribution in [0.25, 0.3) is 0 Å². The fraction of sp³-hybridized carbons (Fsp3) is 0.487. The Bertz CT molecular complexity index is 2090. The Kier molecular flexibility index (Phi) is 8.01. The molecule has 6 atom stereocenters. The van der Waals surface area contributed by atoms with Crippen LogP contribution in [-0.4, -0.2) is 97.5 Å². The Morgan fingerprint density at radius 1 is 1.02 bits per heavy atom. The average Bonchev–Trinajstić information content (AvgIpc) is 3.61. The molecule has 0 saturated carbocycles. The molecule has 13 nitrogen and oxygen atoms in total. The van der Waals surface area contributed by atoms with Crippen LogP contribution in [0, 0.1) is 13.8 Å². The van der Waals surface area contributed by atoms with E-state index in [2.05, 4.69) is 28.2 Å². The summed E-state index contributed by atoms with van der Waals surface area (Å²) in [5, 5.41) is 25.8. The molecule has 0 radical (unpaired) electrons. The Balaban J connectivity index is 1.30. The molecule has 10 rings (SSSR count). The van der Waals surface area contributed by atoms with Gasteiger partial charge in [-0.05, 0) is 68.1 Å². The maximum atomic E-state index is 14.7. The standard InChI is InChI=1S/C39H43N3O10S/c1-17-9-21-10-22-13-42-24-14-49-38(46)39(23-12-26(47-5)25(44)11-20(23)7-8-40-39)15-53-37(31(42)30(41(22)4)27(21)32(45)33(17)48-6)29-28(24)36-35(50-16-51-36)18(2)34(29)52-19(3)43/h9,11-12,22,24,30-31,37,40,44-45H,7-8,10,13-16H2,1-6H3/t22-,24-,30+,31+,37-,39-/m0/s1. The third kappa shape index (κ3) is 4.81. The van der Waals surface area contributed by atoms with Crippen molar-refractivity contribution in [3.05, 3.63) is 62.7 Å². The largest absolute Gasteiger partial charge is 0.504 e. The predicted octanol–water partition coefficient (Wildman–Crippen LogP) is 4.09. The number of hydrogen-bond acceptors (Lipinski definition) is 14. The molecule has 0 unspecified atom stereocenters. The molecule has 3 aromatic carbocycles. The zero-order valence-corrected chi connectivity index (χ0v) is 31.3. The number of piperazine rings is 1. The van der Waals surface area contributed by atoms with Gasteiger partial charge in [-0.15, -0.1) is 11.8 Å². The van der Waals surface area contributed by atoms with Crippen molar-refractivity contribution in [2.75, 3.05) is 53.5 Å². The number of benzene rings is 3. The number of thioether (sulfide) groups is 1. The summed E-state index contributed by atoms with van der Waals surface area (Å²) in [6.45, 7) is 6.33. The molecule has 0 aromatic heterocycles. The zero-order chi connectivity index (χ0) is 37.1. The summed E-state index contributed by atoms with van der Waals surface area (Å²) in [7, 11) is 5.17. The SMILES string of the molecule is COc1cc2c(cc1O)CCN[C@@]21CS[C@H]2c3c(OC(C)=O)c(C)c4c(c3[C@H](COC1=O)N1C[C@@H]3Cc5cc(C)c(OC)c(O)c5[C@H]([C@H]21)N3C)OCO4. The number of esters is 2. The number of carbonyl (C=O) groups is 2. The number of fused-ring (bicyclic) bond motifs is 9. The van der Waals surface area contributed by atoms with Crippen LogP contribution in [0.4, 0.5) is 0 Å². The van der Waals surface area contributed by atoms with Crippen molar-refractivity contribution >= 4 is 23.7 Å². The smallest absolute Gasteiger partial charge is 0.331 e. The predicted molar refractivity (Wildman–Crippen MR) is 193 cm³/mol. The van der Waals surface area contributed by atoms with E-state index in [0.29, 0.717) is 60.1 Å². The number of methoxy groups -OCH3 is 2. The molecule has 2 saturated heterocycles. The number of likely N-dealkylation sites (N-methyl/N-ethyl adjacent to an activating group) is 1. The van der Waals surface area contributed by atoms with E-state index >= 15 is 0 Å². The van der Waals surface area contributed by atoms with Crippen molar-refractivity contribution in [3.63, 3.8) is 0 Å². The van der Waals surface area contributed by atoms with E-state index in [0.717, 1.165) is 33.4 Å². The molecule has 0 aliphatic carbocycles. The lowest BCUT2D eigenvalue weighted by Crippen LogP contribution is -2.65. The molecule has 0 amide bonds. The number of aryl methyl sites for hydroxylation is 1. The minimum atomic E-state index is -1.29. The maximum absolute atomic E-state index is 14.7. The highest BCUT2D eigenvalue weighted by molar-refractivity contribution is 7.99. The van der Waals surface area contributed by atoms with Gasteiger partial charge in [0.1, 0.15) is 12.4 Å². The van der Waals surface area contributed by atoms with Crippen LogP contribution >= 0.6 is 11.8 Å². The molecule has 7 aliphatic rings. The van der Waals surface area contributed by atoms with Gasteiger partial charge in [-0.25, -0.2) is 4.79 Å². The van der Waals surface area contributed by atoms with Crippen molar-refractivity contribution in [1.82, 2.24) is 15.1 Å². The molecule has 7 heterocycles. The number of nitrogens with zero attached hydrogens (tertiary/aromatic N) is 2. The number of aromatic hydroxyl groups is 2. The van der Waals surface area contributed by atoms with Gasteiger partial charge in [-0.1, -0.05) is 6.07 Å². The summed E-state index contributed by atoms with van der Waals surface area (Å²) < 4.78 is 36.2. The fourth-order valence-corrected chi connectivity index (χ4v) is 11.6. The lowest BCUT2D eigenvalue weighted by Gasteiger charge is -2.60. The summed E-state index contributed by atoms with van der Waals surface area (Å²) in [6.07, 6.45) is 1.31. The van der Waals surface area contributed by atoms with Gasteiger partial charge in [0, 0.05) is 60.1 Å². The van der Waals surface area contributed by atoms with Crippen LogP contribution in [-0.2, 0) is 32.7 Å². The first kappa shape index (κ1) is 34.4. The lowest BCUT2D eigenvalue weighted by atomic mass is 9.73. The van der Waals surface area contributed by atoms with E-state index in [4.69, 9.17) is 28.4 Å². The monoisotopic (exact) mass is 745 g/mol. The Hall–Kier alpha value is -4.37. The van der Waals surface area contributed by atoms with Gasteiger partial charge in [0.25, 0.3) is 0 Å². The summed E-state index contributed by atoms with van der Waals surface area (Å²) in [5.74, 6) is 1.66. The molecular weight excluding hydrogens is 703 g/mol. The summed E-state index contributed by atoms with van der Waals surface area (Å²) in [5.41, 5.74) is 5.22. The third-order valence-corrected chi connectivity index (χ3v) is 13.7. The van der Waals surface area contributed by atoms with E-state index in [1.165, 1.54) is 14.0 Å². The number of carbonyl (C=O) groups excluding carboxylic acids is 2. The van der Waals surface area contributed by atoms with Crippen molar-refractivity contribution in [2.45, 2.75) is 68.6 Å². The van der Waals surface area contributed by atoms with Crippen LogP contribution in [0.3, 0.4) is 0 Å². The Labute approximate surface area is 311 Å². The normalized spacial score (nSPS) is 28.3. The number of rotatable bonds is 3. The van der Waals surface area contributed by atoms with Crippen molar-refractivity contribution in [1.29, 1.82) is 0 Å². The number of hydrogen-bond donors (Lipinski definition) is 3. The van der Waals surface area contributed by atoms with Crippen molar-refractivity contribution in [2.24, 2.45) is 0 Å². The highest BCUT2D eigenvalue weighted by Gasteiger charge is 2.59. The fourth-order valence-electron chi connectivity index (χ4n) is 9.92. The molecule has 3 aromatic rings. The summed E-state index contributed by atoms with van der Waals surface area (Å²) >= 11 is 1.58. The molecular formula is C39H43N3O10S. The molecule has 14 heteroatoms. The van der Waals surface area contributed by atoms with Crippen LogP contribution in [0.1, 0.15) is 68.8 Å². The van der Waals surface area contributed by atoms with Gasteiger partial charge < -0.3 is 38.6 Å². The number of phenolic OH excluding ortho intramolecular Hbond substituents is 2. The molecule has 4 bridgehead atoms. The highest BCUT2D eigenvalue weighted by atomic mass is 32.2. The van der Waals surface area contributed by atoms with Gasteiger partial charge >= 0.3 is 11.9 Å². The minimum Gasteiger partial charge on any atom is -0.504 e. The van der Waals surface area contributed by atoms with Gasteiger partial charge in [-0.2, -0.15) is 0 Å². The second-order valence-electron chi connectivity index (χ2n) is 14.9.